The number of hydrogen-bond donors (Lipinski definition) is 2. The number of nitrogens with one attached hydrogen (secondary N) is 1. The van der Waals surface area contributed by atoms with Crippen molar-refractivity contribution >= 4 is 5.91 Å². The third kappa shape index (κ3) is 3.93. The molecule has 2 saturated carbocycles. The Labute approximate surface area is 136 Å². The van der Waals surface area contributed by atoms with Gasteiger partial charge in [-0.15, -0.1) is 0 Å². The summed E-state index contributed by atoms with van der Waals surface area (Å²) in [6.07, 6.45) is 5.67. The molecular weight excluding hydrogens is 294 g/mol. The number of hydrogen-bond acceptors (Lipinski definition) is 5. The zero-order chi connectivity index (χ0) is 15.8. The van der Waals surface area contributed by atoms with E-state index in [4.69, 9.17) is 4.52 Å². The largest absolute Gasteiger partial charge is 0.390 e. The number of carbonyl (C=O) groups excluding carboxylic acids is 1. The molecule has 2 atom stereocenters. The van der Waals surface area contributed by atoms with E-state index in [9.17, 15) is 9.90 Å². The van der Waals surface area contributed by atoms with Crippen LogP contribution in [0.3, 0.4) is 0 Å². The zero-order valence-corrected chi connectivity index (χ0v) is 13.4. The number of aliphatic hydroxyl groups excluding tert-OH is 1. The fourth-order valence-electron chi connectivity index (χ4n) is 3.35. The molecule has 1 aromatic rings. The van der Waals surface area contributed by atoms with Gasteiger partial charge in [0.1, 0.15) is 0 Å². The highest BCUT2D eigenvalue weighted by Gasteiger charge is 2.32. The van der Waals surface area contributed by atoms with Gasteiger partial charge in [-0.25, -0.2) is 0 Å². The number of rotatable bonds is 6. The number of aromatic nitrogens is 1. The van der Waals surface area contributed by atoms with E-state index in [0.29, 0.717) is 31.3 Å². The second kappa shape index (κ2) is 6.24. The van der Waals surface area contributed by atoms with E-state index in [1.165, 1.54) is 25.7 Å². The molecule has 0 aromatic carbocycles. The van der Waals surface area contributed by atoms with Gasteiger partial charge in [0.05, 0.1) is 24.4 Å². The SMILES string of the molecule is O=C(CC1CC1)NC1CCN(Cc2cc(C3CC3)no2)CC1O. The number of piperidine rings is 1. The van der Waals surface area contributed by atoms with Crippen LogP contribution in [0, 0.1) is 5.92 Å². The number of aliphatic hydroxyl groups is 1. The molecule has 3 fully saturated rings. The van der Waals surface area contributed by atoms with E-state index < -0.39 is 6.10 Å². The van der Waals surface area contributed by atoms with Crippen LogP contribution >= 0.6 is 0 Å². The smallest absolute Gasteiger partial charge is 0.220 e. The molecule has 1 aromatic heterocycles. The van der Waals surface area contributed by atoms with Gasteiger partial charge in [0.15, 0.2) is 5.76 Å². The van der Waals surface area contributed by atoms with Crippen LogP contribution in [0.5, 0.6) is 0 Å². The summed E-state index contributed by atoms with van der Waals surface area (Å²) in [4.78, 5) is 14.1. The van der Waals surface area contributed by atoms with Crippen LogP contribution < -0.4 is 5.32 Å². The lowest BCUT2D eigenvalue weighted by Crippen LogP contribution is -2.53. The Balaban J connectivity index is 1.25. The highest BCUT2D eigenvalue weighted by atomic mass is 16.5. The van der Waals surface area contributed by atoms with E-state index in [1.54, 1.807) is 0 Å². The van der Waals surface area contributed by atoms with Crippen molar-refractivity contribution in [3.05, 3.63) is 17.5 Å². The summed E-state index contributed by atoms with van der Waals surface area (Å²) < 4.78 is 5.40. The van der Waals surface area contributed by atoms with Crippen molar-refractivity contribution in [1.29, 1.82) is 0 Å². The predicted molar refractivity (Wildman–Crippen MR) is 83.7 cm³/mol. The highest BCUT2D eigenvalue weighted by molar-refractivity contribution is 5.76. The van der Waals surface area contributed by atoms with E-state index in [-0.39, 0.29) is 11.9 Å². The molecule has 2 unspecified atom stereocenters. The summed E-state index contributed by atoms with van der Waals surface area (Å²) in [6, 6.07) is 1.93. The minimum Gasteiger partial charge on any atom is -0.390 e. The standard InChI is InChI=1S/C17H25N3O3/c21-16-10-20(9-13-8-15(19-23-13)12-3-4-12)6-5-14(16)18-17(22)7-11-1-2-11/h8,11-12,14,16,21H,1-7,9-10H2,(H,18,22). The van der Waals surface area contributed by atoms with Gasteiger partial charge in [0, 0.05) is 31.5 Å². The molecule has 23 heavy (non-hydrogen) atoms. The monoisotopic (exact) mass is 319 g/mol. The van der Waals surface area contributed by atoms with Gasteiger partial charge >= 0.3 is 0 Å². The third-order valence-electron chi connectivity index (χ3n) is 5.14. The molecule has 2 heterocycles. The van der Waals surface area contributed by atoms with Crippen molar-refractivity contribution in [2.75, 3.05) is 13.1 Å². The predicted octanol–water partition coefficient (Wildman–Crippen LogP) is 1.40. The van der Waals surface area contributed by atoms with Gasteiger partial charge in [-0.3, -0.25) is 9.69 Å². The van der Waals surface area contributed by atoms with Crippen molar-refractivity contribution in [3.63, 3.8) is 0 Å². The first-order chi connectivity index (χ1) is 11.2. The molecule has 0 spiro atoms. The van der Waals surface area contributed by atoms with Crippen LogP contribution in [0.4, 0.5) is 0 Å². The average Bonchev–Trinajstić information content (AvgIpc) is 3.44. The van der Waals surface area contributed by atoms with E-state index in [2.05, 4.69) is 15.4 Å². The summed E-state index contributed by atoms with van der Waals surface area (Å²) in [5, 5.41) is 17.4. The summed E-state index contributed by atoms with van der Waals surface area (Å²) in [6.45, 7) is 2.10. The van der Waals surface area contributed by atoms with Crippen LogP contribution in [-0.4, -0.2) is 46.3 Å². The summed E-state index contributed by atoms with van der Waals surface area (Å²) in [5.41, 5.74) is 1.07. The maximum absolute atomic E-state index is 11.9. The van der Waals surface area contributed by atoms with Gasteiger partial charge in [0.2, 0.25) is 5.91 Å². The Morgan fingerprint density at radius 1 is 1.35 bits per heavy atom. The van der Waals surface area contributed by atoms with Crippen molar-refractivity contribution in [2.24, 2.45) is 5.92 Å². The van der Waals surface area contributed by atoms with Crippen LogP contribution in [-0.2, 0) is 11.3 Å². The van der Waals surface area contributed by atoms with E-state index in [0.717, 1.165) is 24.4 Å². The molecular formula is C17H25N3O3. The number of amides is 1. The molecule has 126 valence electrons. The van der Waals surface area contributed by atoms with Crippen molar-refractivity contribution in [2.45, 2.75) is 63.1 Å². The van der Waals surface area contributed by atoms with Crippen LogP contribution in [0.1, 0.15) is 55.9 Å². The Morgan fingerprint density at radius 2 is 2.17 bits per heavy atom. The maximum atomic E-state index is 11.9. The van der Waals surface area contributed by atoms with Gasteiger partial charge < -0.3 is 14.9 Å². The molecule has 2 N–H and O–H groups in total. The van der Waals surface area contributed by atoms with Gasteiger partial charge in [-0.05, 0) is 38.0 Å². The quantitative estimate of drug-likeness (QED) is 0.829. The maximum Gasteiger partial charge on any atom is 0.220 e. The molecule has 6 heteroatoms. The van der Waals surface area contributed by atoms with Gasteiger partial charge in [-0.2, -0.15) is 0 Å². The second-order valence-corrected chi connectivity index (χ2v) is 7.41. The summed E-state index contributed by atoms with van der Waals surface area (Å²) >= 11 is 0. The lowest BCUT2D eigenvalue weighted by atomic mass is 10.0. The third-order valence-corrected chi connectivity index (χ3v) is 5.14. The molecule has 0 radical (unpaired) electrons. The summed E-state index contributed by atoms with van der Waals surface area (Å²) in [7, 11) is 0. The first-order valence-corrected chi connectivity index (χ1v) is 8.82. The van der Waals surface area contributed by atoms with Gasteiger partial charge in [-0.1, -0.05) is 5.16 Å². The minimum absolute atomic E-state index is 0.0920. The highest BCUT2D eigenvalue weighted by Crippen LogP contribution is 2.39. The van der Waals surface area contributed by atoms with Gasteiger partial charge in [0.25, 0.3) is 0 Å². The normalized spacial score (nSPS) is 28.7. The fourth-order valence-corrected chi connectivity index (χ4v) is 3.35. The number of β-amino-alcohol motifs (C(OH)–C–C–N with tert-alkyl or cyclic N) is 1. The topological polar surface area (TPSA) is 78.6 Å². The fraction of sp³-hybridized carbons (Fsp3) is 0.765. The van der Waals surface area contributed by atoms with E-state index >= 15 is 0 Å². The number of carbonyl (C=O) groups is 1. The van der Waals surface area contributed by atoms with E-state index in [1.807, 2.05) is 6.07 Å². The summed E-state index contributed by atoms with van der Waals surface area (Å²) in [5.74, 6) is 2.15. The van der Waals surface area contributed by atoms with Crippen molar-refractivity contribution < 1.29 is 14.4 Å². The molecule has 1 aliphatic heterocycles. The molecule has 1 saturated heterocycles. The van der Waals surface area contributed by atoms with Crippen molar-refractivity contribution in [1.82, 2.24) is 15.4 Å². The Morgan fingerprint density at radius 3 is 2.87 bits per heavy atom. The average molecular weight is 319 g/mol. The first-order valence-electron chi connectivity index (χ1n) is 8.82. The molecule has 0 bridgehead atoms. The first kappa shape index (κ1) is 15.1. The molecule has 3 aliphatic rings. The number of likely N-dealkylation sites (tertiary alicyclic amines) is 1. The lowest BCUT2D eigenvalue weighted by molar-refractivity contribution is -0.123. The second-order valence-electron chi connectivity index (χ2n) is 7.41. The zero-order valence-electron chi connectivity index (χ0n) is 13.4. The number of nitrogens with zero attached hydrogens (tertiary/aromatic N) is 2. The minimum atomic E-state index is -0.516. The molecule has 6 nitrogen and oxygen atoms in total. The molecule has 1 amide bonds. The molecule has 2 aliphatic carbocycles. The Bertz CT molecular complexity index is 565. The Hall–Kier alpha value is -1.40. The molecule has 4 rings (SSSR count). The Kier molecular flexibility index (Phi) is 4.11. The lowest BCUT2D eigenvalue weighted by Gasteiger charge is -2.35. The van der Waals surface area contributed by atoms with Crippen molar-refractivity contribution in [3.8, 4) is 0 Å². The van der Waals surface area contributed by atoms with Crippen LogP contribution in [0.2, 0.25) is 0 Å². The van der Waals surface area contributed by atoms with Crippen LogP contribution in [0.15, 0.2) is 10.6 Å². The van der Waals surface area contributed by atoms with Crippen LogP contribution in [0.25, 0.3) is 0 Å².